The smallest absolute Gasteiger partial charge is 0.240 e. The van der Waals surface area contributed by atoms with Crippen molar-refractivity contribution in [1.29, 1.82) is 0 Å². The first-order valence-corrected chi connectivity index (χ1v) is 10.7. The Morgan fingerprint density at radius 1 is 1.18 bits per heavy atom. The van der Waals surface area contributed by atoms with E-state index in [4.69, 9.17) is 9.47 Å². The Morgan fingerprint density at radius 2 is 1.86 bits per heavy atom. The van der Waals surface area contributed by atoms with Crippen molar-refractivity contribution in [3.63, 3.8) is 0 Å². The SMILES string of the molecule is C=CC[NH+]1CCc2cc(OC)c(OC)cc2[C@@H]1CNS(=O)(=O)c1ccccc1. The van der Waals surface area contributed by atoms with Crippen LogP contribution in [0.15, 0.2) is 60.0 Å². The molecule has 0 amide bonds. The van der Waals surface area contributed by atoms with Gasteiger partial charge in [-0.05, 0) is 35.9 Å². The van der Waals surface area contributed by atoms with Crippen molar-refractivity contribution in [3.8, 4) is 11.5 Å². The Hall–Kier alpha value is -2.35. The second-order valence-electron chi connectivity index (χ2n) is 6.77. The molecule has 7 heteroatoms. The predicted molar refractivity (Wildman–Crippen MR) is 109 cm³/mol. The van der Waals surface area contributed by atoms with Crippen LogP contribution in [0.5, 0.6) is 11.5 Å². The molecule has 0 radical (unpaired) electrons. The lowest BCUT2D eigenvalue weighted by atomic mass is 9.92. The Bertz CT molecular complexity index is 929. The molecule has 0 saturated carbocycles. The first-order valence-electron chi connectivity index (χ1n) is 9.25. The molecule has 0 spiro atoms. The number of hydrogen-bond acceptors (Lipinski definition) is 4. The minimum absolute atomic E-state index is 0.0416. The van der Waals surface area contributed by atoms with Crippen LogP contribution in [0.3, 0.4) is 0 Å². The molecule has 28 heavy (non-hydrogen) atoms. The van der Waals surface area contributed by atoms with Crippen LogP contribution in [0.4, 0.5) is 0 Å². The number of quaternary nitrogens is 1. The Balaban J connectivity index is 1.92. The highest BCUT2D eigenvalue weighted by molar-refractivity contribution is 7.89. The van der Waals surface area contributed by atoms with E-state index in [9.17, 15) is 8.42 Å². The molecule has 2 N–H and O–H groups in total. The molecule has 0 aliphatic carbocycles. The van der Waals surface area contributed by atoms with E-state index < -0.39 is 10.0 Å². The molecule has 2 aromatic rings. The summed E-state index contributed by atoms with van der Waals surface area (Å²) in [5, 5.41) is 0. The van der Waals surface area contributed by atoms with Crippen LogP contribution in [0.25, 0.3) is 0 Å². The van der Waals surface area contributed by atoms with Gasteiger partial charge in [0.1, 0.15) is 6.04 Å². The minimum Gasteiger partial charge on any atom is -0.493 e. The van der Waals surface area contributed by atoms with Crippen molar-refractivity contribution in [2.75, 3.05) is 33.9 Å². The molecule has 2 aromatic carbocycles. The summed E-state index contributed by atoms with van der Waals surface area (Å²) in [7, 11) is -0.350. The van der Waals surface area contributed by atoms with Gasteiger partial charge in [-0.1, -0.05) is 24.8 Å². The zero-order valence-corrected chi connectivity index (χ0v) is 17.1. The number of ether oxygens (including phenoxy) is 2. The molecule has 0 saturated heterocycles. The molecule has 1 heterocycles. The number of sulfonamides is 1. The summed E-state index contributed by atoms with van der Waals surface area (Å²) in [5.74, 6) is 1.34. The van der Waals surface area contributed by atoms with Gasteiger partial charge in [-0.3, -0.25) is 0 Å². The molecular formula is C21H27N2O4S+. The number of fused-ring (bicyclic) bond motifs is 1. The topological polar surface area (TPSA) is 69.1 Å². The van der Waals surface area contributed by atoms with Gasteiger partial charge in [-0.25, -0.2) is 13.1 Å². The second kappa shape index (κ2) is 8.77. The summed E-state index contributed by atoms with van der Waals surface area (Å²) < 4.78 is 39.1. The average Bonchev–Trinajstić information content (AvgIpc) is 2.72. The van der Waals surface area contributed by atoms with Crippen molar-refractivity contribution in [1.82, 2.24) is 4.72 Å². The zero-order chi connectivity index (χ0) is 20.1. The molecule has 1 aliphatic heterocycles. The van der Waals surface area contributed by atoms with E-state index in [2.05, 4.69) is 11.3 Å². The summed E-state index contributed by atoms with van der Waals surface area (Å²) in [6.07, 6.45) is 2.76. The van der Waals surface area contributed by atoms with Crippen LogP contribution in [-0.2, 0) is 16.4 Å². The van der Waals surface area contributed by atoms with Gasteiger partial charge in [0, 0.05) is 12.0 Å². The fourth-order valence-electron chi connectivity index (χ4n) is 3.73. The highest BCUT2D eigenvalue weighted by Gasteiger charge is 2.33. The lowest BCUT2D eigenvalue weighted by Gasteiger charge is -2.34. The summed E-state index contributed by atoms with van der Waals surface area (Å²) in [6, 6.07) is 12.4. The Labute approximate surface area is 166 Å². The fourth-order valence-corrected chi connectivity index (χ4v) is 4.80. The van der Waals surface area contributed by atoms with Crippen molar-refractivity contribution < 1.29 is 22.8 Å². The van der Waals surface area contributed by atoms with Crippen LogP contribution >= 0.6 is 0 Å². The van der Waals surface area contributed by atoms with Crippen LogP contribution in [0.1, 0.15) is 17.2 Å². The van der Waals surface area contributed by atoms with Gasteiger partial charge >= 0.3 is 0 Å². The van der Waals surface area contributed by atoms with E-state index in [0.29, 0.717) is 18.0 Å². The van der Waals surface area contributed by atoms with Gasteiger partial charge in [0.15, 0.2) is 11.5 Å². The Morgan fingerprint density at radius 3 is 2.50 bits per heavy atom. The van der Waals surface area contributed by atoms with Crippen LogP contribution in [-0.4, -0.2) is 42.3 Å². The van der Waals surface area contributed by atoms with Crippen LogP contribution in [0.2, 0.25) is 0 Å². The van der Waals surface area contributed by atoms with E-state index in [-0.39, 0.29) is 10.9 Å². The van der Waals surface area contributed by atoms with Gasteiger partial charge < -0.3 is 14.4 Å². The number of methoxy groups -OCH3 is 2. The predicted octanol–water partition coefficient (Wildman–Crippen LogP) is 1.35. The first kappa shape index (κ1) is 20.4. The normalized spacial score (nSPS) is 18.9. The van der Waals surface area contributed by atoms with Crippen molar-refractivity contribution in [2.24, 2.45) is 0 Å². The van der Waals surface area contributed by atoms with Gasteiger partial charge in [0.2, 0.25) is 10.0 Å². The molecule has 0 fully saturated rings. The zero-order valence-electron chi connectivity index (χ0n) is 16.3. The van der Waals surface area contributed by atoms with Crippen LogP contribution in [0, 0.1) is 0 Å². The Kier molecular flexibility index (Phi) is 6.39. The summed E-state index contributed by atoms with van der Waals surface area (Å²) in [5.41, 5.74) is 2.24. The number of rotatable bonds is 8. The standard InChI is InChI=1S/C21H26N2O4S/c1-4-11-23-12-10-16-13-20(26-2)21(27-3)14-18(16)19(23)15-22-28(24,25)17-8-6-5-7-9-17/h4-9,13-14,19,22H,1,10-12,15H2,2-3H3/p+1/t19-/m0/s1. The molecule has 0 aromatic heterocycles. The highest BCUT2D eigenvalue weighted by Crippen LogP contribution is 2.34. The molecule has 6 nitrogen and oxygen atoms in total. The van der Waals surface area contributed by atoms with E-state index in [1.54, 1.807) is 44.6 Å². The van der Waals surface area contributed by atoms with Crippen molar-refractivity contribution in [3.05, 3.63) is 66.2 Å². The number of benzene rings is 2. The maximum atomic E-state index is 12.7. The molecule has 2 atom stereocenters. The third kappa shape index (κ3) is 4.22. The highest BCUT2D eigenvalue weighted by atomic mass is 32.2. The largest absolute Gasteiger partial charge is 0.493 e. The van der Waals surface area contributed by atoms with Gasteiger partial charge in [-0.2, -0.15) is 0 Å². The van der Waals surface area contributed by atoms with Gasteiger partial charge in [0.25, 0.3) is 0 Å². The van der Waals surface area contributed by atoms with E-state index in [1.165, 1.54) is 4.90 Å². The van der Waals surface area contributed by atoms with Crippen LogP contribution < -0.4 is 19.1 Å². The molecular weight excluding hydrogens is 376 g/mol. The summed E-state index contributed by atoms with van der Waals surface area (Å²) >= 11 is 0. The lowest BCUT2D eigenvalue weighted by molar-refractivity contribution is -0.926. The van der Waals surface area contributed by atoms with Crippen molar-refractivity contribution >= 4 is 10.0 Å². The third-order valence-electron chi connectivity index (χ3n) is 5.17. The molecule has 1 unspecified atom stereocenters. The number of hydrogen-bond donors (Lipinski definition) is 2. The van der Waals surface area contributed by atoms with E-state index in [1.807, 2.05) is 18.2 Å². The van der Waals surface area contributed by atoms with Gasteiger partial charge in [-0.15, -0.1) is 0 Å². The van der Waals surface area contributed by atoms with Crippen molar-refractivity contribution in [2.45, 2.75) is 17.4 Å². The average molecular weight is 404 g/mol. The quantitative estimate of drug-likeness (QED) is 0.653. The third-order valence-corrected chi connectivity index (χ3v) is 6.61. The monoisotopic (exact) mass is 403 g/mol. The maximum Gasteiger partial charge on any atom is 0.240 e. The maximum absolute atomic E-state index is 12.7. The molecule has 3 rings (SSSR count). The second-order valence-corrected chi connectivity index (χ2v) is 8.54. The van der Waals surface area contributed by atoms with Gasteiger partial charge in [0.05, 0.1) is 38.7 Å². The van der Waals surface area contributed by atoms with E-state index >= 15 is 0 Å². The first-order chi connectivity index (χ1) is 13.5. The summed E-state index contributed by atoms with van der Waals surface area (Å²) in [6.45, 7) is 5.80. The molecule has 150 valence electrons. The minimum atomic E-state index is -3.57. The lowest BCUT2D eigenvalue weighted by Crippen LogP contribution is -3.13. The van der Waals surface area contributed by atoms with E-state index in [0.717, 1.165) is 30.6 Å². The number of nitrogens with one attached hydrogen (secondary N) is 2. The molecule has 1 aliphatic rings. The summed E-state index contributed by atoms with van der Waals surface area (Å²) in [4.78, 5) is 1.54. The molecule has 0 bridgehead atoms. The fraction of sp³-hybridized carbons (Fsp3) is 0.333.